The minimum Gasteiger partial charge on any atom is -0.497 e. The lowest BCUT2D eigenvalue weighted by atomic mass is 9.83. The van der Waals surface area contributed by atoms with Gasteiger partial charge in [0.15, 0.2) is 0 Å². The number of nitrogens with zero attached hydrogens (tertiary/aromatic N) is 2. The molecule has 1 heterocycles. The molecule has 0 unspecified atom stereocenters. The van der Waals surface area contributed by atoms with Crippen LogP contribution in [-0.4, -0.2) is 74.4 Å². The number of rotatable bonds is 7. The second-order valence-corrected chi connectivity index (χ2v) is 9.22. The van der Waals surface area contributed by atoms with Crippen molar-refractivity contribution in [1.82, 2.24) is 9.80 Å². The van der Waals surface area contributed by atoms with Crippen LogP contribution in [-0.2, 0) is 20.7 Å². The topological polar surface area (TPSA) is 68.3 Å². The normalized spacial score (nSPS) is 21.4. The fourth-order valence-corrected chi connectivity index (χ4v) is 4.07. The molecule has 1 fully saturated rings. The van der Waals surface area contributed by atoms with Crippen LogP contribution in [0.3, 0.4) is 0 Å². The van der Waals surface area contributed by atoms with Crippen molar-refractivity contribution in [3.63, 3.8) is 0 Å². The van der Waals surface area contributed by atoms with Gasteiger partial charge in [-0.3, -0.25) is 4.79 Å². The van der Waals surface area contributed by atoms with Gasteiger partial charge in [-0.1, -0.05) is 12.1 Å². The van der Waals surface area contributed by atoms with Crippen LogP contribution in [0, 0.1) is 5.92 Å². The maximum Gasteiger partial charge on any atom is 0.410 e. The smallest absolute Gasteiger partial charge is 0.410 e. The first kappa shape index (κ1) is 24.0. The molecular weight excluding hydrogens is 384 g/mol. The fraction of sp³-hybridized carbons (Fsp3) is 0.652. The van der Waals surface area contributed by atoms with E-state index in [0.29, 0.717) is 32.4 Å². The fourth-order valence-electron chi connectivity index (χ4n) is 4.07. The zero-order valence-electron chi connectivity index (χ0n) is 19.4. The van der Waals surface area contributed by atoms with Gasteiger partial charge in [-0.05, 0) is 57.7 Å². The third-order valence-corrected chi connectivity index (χ3v) is 5.47. The van der Waals surface area contributed by atoms with Crippen LogP contribution in [0.4, 0.5) is 4.79 Å². The second kappa shape index (κ2) is 9.69. The zero-order valence-corrected chi connectivity index (χ0v) is 19.4. The predicted octanol–water partition coefficient (Wildman–Crippen LogP) is 3.36. The van der Waals surface area contributed by atoms with Gasteiger partial charge in [0, 0.05) is 34.4 Å². The van der Waals surface area contributed by atoms with Crippen molar-refractivity contribution >= 4 is 12.0 Å². The lowest BCUT2D eigenvalue weighted by molar-refractivity contribution is -0.132. The number of hydrogen-bond donors (Lipinski definition) is 0. The third-order valence-electron chi connectivity index (χ3n) is 5.47. The van der Waals surface area contributed by atoms with Crippen LogP contribution in [0.2, 0.25) is 0 Å². The lowest BCUT2D eigenvalue weighted by Gasteiger charge is -2.39. The summed E-state index contributed by atoms with van der Waals surface area (Å²) in [5, 5.41) is 0. The molecule has 1 aliphatic heterocycles. The zero-order chi connectivity index (χ0) is 22.5. The van der Waals surface area contributed by atoms with Gasteiger partial charge in [0.2, 0.25) is 5.91 Å². The van der Waals surface area contributed by atoms with Crippen LogP contribution in [0.1, 0.15) is 39.2 Å². The average molecular weight is 421 g/mol. The number of ether oxygens (including phenoxy) is 3. The maximum atomic E-state index is 13.2. The molecule has 2 amide bonds. The Morgan fingerprint density at radius 2 is 1.80 bits per heavy atom. The molecule has 0 N–H and O–H groups in total. The molecule has 7 nitrogen and oxygen atoms in total. The molecule has 1 saturated heterocycles. The van der Waals surface area contributed by atoms with E-state index in [1.165, 1.54) is 0 Å². The van der Waals surface area contributed by atoms with Gasteiger partial charge in [-0.15, -0.1) is 0 Å². The van der Waals surface area contributed by atoms with E-state index in [1.807, 2.05) is 45.0 Å². The first-order valence-electron chi connectivity index (χ1n) is 10.3. The van der Waals surface area contributed by atoms with E-state index in [0.717, 1.165) is 11.3 Å². The van der Waals surface area contributed by atoms with Crippen LogP contribution in [0.5, 0.6) is 5.75 Å². The molecule has 7 heteroatoms. The summed E-state index contributed by atoms with van der Waals surface area (Å²) in [6, 6.07) is 7.83. The molecule has 168 valence electrons. The molecule has 30 heavy (non-hydrogen) atoms. The molecule has 2 atom stereocenters. The van der Waals surface area contributed by atoms with Crippen LogP contribution in [0.25, 0.3) is 0 Å². The van der Waals surface area contributed by atoms with Crippen molar-refractivity contribution in [3.05, 3.63) is 29.8 Å². The van der Waals surface area contributed by atoms with Crippen molar-refractivity contribution in [1.29, 1.82) is 0 Å². The summed E-state index contributed by atoms with van der Waals surface area (Å²) in [5.41, 5.74) is -0.115. The van der Waals surface area contributed by atoms with Gasteiger partial charge in [0.1, 0.15) is 11.4 Å². The molecule has 0 bridgehead atoms. The van der Waals surface area contributed by atoms with E-state index in [-0.39, 0.29) is 17.9 Å². The Morgan fingerprint density at radius 3 is 2.30 bits per heavy atom. The van der Waals surface area contributed by atoms with Crippen LogP contribution < -0.4 is 4.74 Å². The minimum absolute atomic E-state index is 0.0255. The summed E-state index contributed by atoms with van der Waals surface area (Å²) in [7, 11) is 6.78. The van der Waals surface area contributed by atoms with Crippen molar-refractivity contribution in [2.24, 2.45) is 5.92 Å². The van der Waals surface area contributed by atoms with E-state index in [1.54, 1.807) is 38.1 Å². The highest BCUT2D eigenvalue weighted by Gasteiger charge is 2.51. The number of carbonyl (C=O) groups is 2. The SMILES string of the molecule is COCC[C@@]1(Cc2ccc(OC)cc2)C[C@H](C(=O)N(C)C)CN1C(=O)OC(C)(C)C. The minimum atomic E-state index is -0.617. The van der Waals surface area contributed by atoms with Gasteiger partial charge >= 0.3 is 6.09 Å². The lowest BCUT2D eigenvalue weighted by Crippen LogP contribution is -2.51. The van der Waals surface area contributed by atoms with Crippen molar-refractivity contribution in [3.8, 4) is 5.75 Å². The Hall–Kier alpha value is -2.28. The van der Waals surface area contributed by atoms with E-state index < -0.39 is 11.1 Å². The van der Waals surface area contributed by atoms with Crippen LogP contribution >= 0.6 is 0 Å². The van der Waals surface area contributed by atoms with Crippen molar-refractivity contribution in [2.75, 3.05) is 41.5 Å². The van der Waals surface area contributed by atoms with Crippen molar-refractivity contribution in [2.45, 2.75) is 51.2 Å². The number of likely N-dealkylation sites (tertiary alicyclic amines) is 1. The van der Waals surface area contributed by atoms with Gasteiger partial charge in [0.25, 0.3) is 0 Å². The number of benzene rings is 1. The molecule has 0 saturated carbocycles. The number of amides is 2. The molecule has 0 radical (unpaired) electrons. The summed E-state index contributed by atoms with van der Waals surface area (Å²) >= 11 is 0. The monoisotopic (exact) mass is 420 g/mol. The quantitative estimate of drug-likeness (QED) is 0.677. The third kappa shape index (κ3) is 5.88. The van der Waals surface area contributed by atoms with E-state index in [2.05, 4.69) is 0 Å². The standard InChI is InChI=1S/C23H36N2O5/c1-22(2,3)30-21(27)25-16-18(20(26)24(4)5)15-23(25,12-13-28-6)14-17-8-10-19(29-7)11-9-17/h8-11,18H,12-16H2,1-7H3/t18-,23+/m0/s1. The molecule has 0 aromatic heterocycles. The van der Waals surface area contributed by atoms with E-state index >= 15 is 0 Å². The van der Waals surface area contributed by atoms with E-state index in [4.69, 9.17) is 14.2 Å². The first-order valence-corrected chi connectivity index (χ1v) is 10.3. The van der Waals surface area contributed by atoms with Gasteiger partial charge in [-0.2, -0.15) is 0 Å². The summed E-state index contributed by atoms with van der Waals surface area (Å²) in [5.74, 6) is 0.529. The Balaban J connectivity index is 2.42. The Kier molecular flexibility index (Phi) is 7.75. The first-order chi connectivity index (χ1) is 14.0. The Bertz CT molecular complexity index is 726. The number of hydrogen-bond acceptors (Lipinski definition) is 5. The van der Waals surface area contributed by atoms with Gasteiger partial charge in [0.05, 0.1) is 18.6 Å². The molecule has 2 rings (SSSR count). The van der Waals surface area contributed by atoms with Crippen molar-refractivity contribution < 1.29 is 23.8 Å². The van der Waals surface area contributed by atoms with E-state index in [9.17, 15) is 9.59 Å². The summed E-state index contributed by atoms with van der Waals surface area (Å²) in [6.07, 6.45) is 1.41. The Morgan fingerprint density at radius 1 is 1.17 bits per heavy atom. The molecule has 1 aliphatic rings. The van der Waals surface area contributed by atoms with Gasteiger partial charge in [-0.25, -0.2) is 4.79 Å². The highest BCUT2D eigenvalue weighted by molar-refractivity contribution is 5.81. The molecule has 1 aromatic rings. The highest BCUT2D eigenvalue weighted by Crippen LogP contribution is 2.40. The van der Waals surface area contributed by atoms with Gasteiger partial charge < -0.3 is 24.0 Å². The largest absolute Gasteiger partial charge is 0.497 e. The number of carbonyl (C=O) groups excluding carboxylic acids is 2. The second-order valence-electron chi connectivity index (χ2n) is 9.22. The highest BCUT2D eigenvalue weighted by atomic mass is 16.6. The Labute approximate surface area is 180 Å². The summed E-state index contributed by atoms with van der Waals surface area (Å²) in [6.45, 7) is 6.38. The molecular formula is C23H36N2O5. The number of methoxy groups -OCH3 is 2. The average Bonchev–Trinajstić information content (AvgIpc) is 3.04. The van der Waals surface area contributed by atoms with Crippen LogP contribution in [0.15, 0.2) is 24.3 Å². The predicted molar refractivity (Wildman–Crippen MR) is 116 cm³/mol. The summed E-state index contributed by atoms with van der Waals surface area (Å²) in [4.78, 5) is 29.3. The molecule has 0 spiro atoms. The summed E-state index contributed by atoms with van der Waals surface area (Å²) < 4.78 is 16.4. The molecule has 1 aromatic carbocycles. The maximum absolute atomic E-state index is 13.2. The molecule has 0 aliphatic carbocycles.